The first-order valence-electron chi connectivity index (χ1n) is 13.8. The summed E-state index contributed by atoms with van der Waals surface area (Å²) < 4.78 is 29.3. The van der Waals surface area contributed by atoms with Crippen molar-refractivity contribution < 1.29 is 18.0 Å². The number of sulfonamides is 1. The first kappa shape index (κ1) is 30.9. The van der Waals surface area contributed by atoms with E-state index < -0.39 is 28.5 Å². The predicted octanol–water partition coefficient (Wildman–Crippen LogP) is 5.45. The Kier molecular flexibility index (Phi) is 10.5. The van der Waals surface area contributed by atoms with Gasteiger partial charge in [-0.05, 0) is 81.0 Å². The molecule has 40 heavy (non-hydrogen) atoms. The molecular formula is C32H41N3O4S. The van der Waals surface area contributed by atoms with E-state index in [9.17, 15) is 18.0 Å². The molecule has 0 fully saturated rings. The highest BCUT2D eigenvalue weighted by Crippen LogP contribution is 2.29. The molecule has 0 aliphatic heterocycles. The van der Waals surface area contributed by atoms with Crippen molar-refractivity contribution in [3.63, 3.8) is 0 Å². The van der Waals surface area contributed by atoms with Crippen LogP contribution in [-0.4, -0.2) is 44.3 Å². The summed E-state index contributed by atoms with van der Waals surface area (Å²) in [5.41, 5.74) is 4.94. The van der Waals surface area contributed by atoms with Gasteiger partial charge in [-0.25, -0.2) is 8.42 Å². The summed E-state index contributed by atoms with van der Waals surface area (Å²) in [6.07, 6.45) is 1.16. The smallest absolute Gasteiger partial charge is 0.264 e. The average molecular weight is 564 g/mol. The van der Waals surface area contributed by atoms with Crippen molar-refractivity contribution >= 4 is 27.5 Å². The summed E-state index contributed by atoms with van der Waals surface area (Å²) in [4.78, 5) is 29.0. The molecule has 2 amide bonds. The maximum Gasteiger partial charge on any atom is 0.264 e. The molecule has 0 aromatic heterocycles. The number of amides is 2. The van der Waals surface area contributed by atoms with Crippen molar-refractivity contribution in [3.8, 4) is 0 Å². The number of hydrogen-bond acceptors (Lipinski definition) is 4. The van der Waals surface area contributed by atoms with E-state index in [0.29, 0.717) is 18.7 Å². The second-order valence-corrected chi connectivity index (χ2v) is 12.1. The molecule has 0 aliphatic rings. The van der Waals surface area contributed by atoms with Crippen LogP contribution in [0.4, 0.5) is 5.69 Å². The maximum absolute atomic E-state index is 14.2. The monoisotopic (exact) mass is 563 g/mol. The Morgan fingerprint density at radius 3 is 2.12 bits per heavy atom. The molecule has 7 nitrogen and oxygen atoms in total. The Labute approximate surface area is 239 Å². The van der Waals surface area contributed by atoms with Gasteiger partial charge in [-0.2, -0.15) is 0 Å². The van der Waals surface area contributed by atoms with Gasteiger partial charge in [0.05, 0.1) is 10.6 Å². The van der Waals surface area contributed by atoms with E-state index in [0.717, 1.165) is 34.2 Å². The van der Waals surface area contributed by atoms with E-state index in [2.05, 4.69) is 5.32 Å². The zero-order valence-corrected chi connectivity index (χ0v) is 25.2. The minimum atomic E-state index is -4.10. The van der Waals surface area contributed by atoms with Crippen molar-refractivity contribution in [2.45, 2.75) is 71.9 Å². The number of anilines is 1. The zero-order chi connectivity index (χ0) is 29.4. The van der Waals surface area contributed by atoms with E-state index >= 15 is 0 Å². The molecule has 0 saturated heterocycles. The van der Waals surface area contributed by atoms with Crippen molar-refractivity contribution in [2.75, 3.05) is 17.4 Å². The number of nitrogens with zero attached hydrogens (tertiary/aromatic N) is 2. The minimum Gasteiger partial charge on any atom is -0.354 e. The maximum atomic E-state index is 14.2. The third-order valence-corrected chi connectivity index (χ3v) is 9.04. The summed E-state index contributed by atoms with van der Waals surface area (Å²) in [5.74, 6) is -0.690. The van der Waals surface area contributed by atoms with Crippen molar-refractivity contribution in [2.24, 2.45) is 0 Å². The van der Waals surface area contributed by atoms with Gasteiger partial charge in [0.15, 0.2) is 0 Å². The predicted molar refractivity (Wildman–Crippen MR) is 161 cm³/mol. The summed E-state index contributed by atoms with van der Waals surface area (Å²) in [5, 5.41) is 2.92. The van der Waals surface area contributed by atoms with Crippen LogP contribution in [0.25, 0.3) is 0 Å². The molecule has 0 radical (unpaired) electrons. The summed E-state index contributed by atoms with van der Waals surface area (Å²) in [6.45, 7) is 11.7. The van der Waals surface area contributed by atoms with E-state index in [1.165, 1.54) is 9.21 Å². The van der Waals surface area contributed by atoms with Gasteiger partial charge in [0, 0.05) is 13.1 Å². The number of rotatable bonds is 12. The van der Waals surface area contributed by atoms with Crippen LogP contribution in [0.5, 0.6) is 0 Å². The van der Waals surface area contributed by atoms with Crippen LogP contribution < -0.4 is 9.62 Å². The Morgan fingerprint density at radius 2 is 1.50 bits per heavy atom. The molecule has 214 valence electrons. The highest BCUT2D eigenvalue weighted by Gasteiger charge is 2.34. The largest absolute Gasteiger partial charge is 0.354 e. The summed E-state index contributed by atoms with van der Waals surface area (Å²) >= 11 is 0. The van der Waals surface area contributed by atoms with Crippen LogP contribution in [-0.2, 0) is 26.2 Å². The Balaban J connectivity index is 2.11. The Hall–Kier alpha value is -3.65. The second kappa shape index (κ2) is 13.6. The molecule has 8 heteroatoms. The Morgan fingerprint density at radius 1 is 0.850 bits per heavy atom. The minimum absolute atomic E-state index is 0.102. The molecule has 3 rings (SSSR count). The molecule has 0 heterocycles. The molecular weight excluding hydrogens is 522 g/mol. The first-order chi connectivity index (χ1) is 19.0. The number of hydrogen-bond donors (Lipinski definition) is 1. The van der Waals surface area contributed by atoms with Gasteiger partial charge in [-0.3, -0.25) is 13.9 Å². The number of benzene rings is 3. The van der Waals surface area contributed by atoms with E-state index in [1.807, 2.05) is 71.9 Å². The van der Waals surface area contributed by atoms with E-state index in [4.69, 9.17) is 0 Å². The van der Waals surface area contributed by atoms with Crippen LogP contribution >= 0.6 is 0 Å². The molecule has 1 N–H and O–H groups in total. The normalized spacial score (nSPS) is 12.1. The van der Waals surface area contributed by atoms with Crippen LogP contribution in [0.15, 0.2) is 71.6 Å². The fourth-order valence-electron chi connectivity index (χ4n) is 4.61. The van der Waals surface area contributed by atoms with Gasteiger partial charge in [-0.1, -0.05) is 67.9 Å². The molecule has 3 aromatic rings. The highest BCUT2D eigenvalue weighted by molar-refractivity contribution is 7.92. The fourth-order valence-corrected chi connectivity index (χ4v) is 6.08. The van der Waals surface area contributed by atoms with Gasteiger partial charge in [0.2, 0.25) is 11.8 Å². The molecule has 0 bridgehead atoms. The number of nitrogens with one attached hydrogen (secondary N) is 1. The lowest BCUT2D eigenvalue weighted by molar-refractivity contribution is -0.140. The topological polar surface area (TPSA) is 86.8 Å². The lowest BCUT2D eigenvalue weighted by Gasteiger charge is -2.34. The molecule has 0 unspecified atom stereocenters. The van der Waals surface area contributed by atoms with Gasteiger partial charge in [0.25, 0.3) is 10.0 Å². The van der Waals surface area contributed by atoms with Crippen molar-refractivity contribution in [3.05, 3.63) is 94.5 Å². The van der Waals surface area contributed by atoms with Gasteiger partial charge >= 0.3 is 0 Å². The number of carbonyl (C=O) groups excluding carboxylic acids is 2. The lowest BCUT2D eigenvalue weighted by Crippen LogP contribution is -2.52. The zero-order valence-electron chi connectivity index (χ0n) is 24.4. The highest BCUT2D eigenvalue weighted by atomic mass is 32.2. The van der Waals surface area contributed by atoms with Crippen molar-refractivity contribution in [1.29, 1.82) is 0 Å². The molecule has 3 aromatic carbocycles. The Bertz CT molecular complexity index is 1430. The lowest BCUT2D eigenvalue weighted by atomic mass is 10.1. The molecule has 0 saturated carbocycles. The summed E-state index contributed by atoms with van der Waals surface area (Å²) in [6, 6.07) is 19.0. The van der Waals surface area contributed by atoms with Crippen molar-refractivity contribution in [1.82, 2.24) is 10.2 Å². The standard InChI is InChI=1S/C32H41N3O4S/c1-7-20-33-32(37)29(8-2)34(21-27-14-10-9-12-25(27)5)31(36)22-35(30-15-11-13-24(4)26(30)6)40(38,39)28-18-16-23(3)17-19-28/h9-19,29H,7-8,20-22H2,1-6H3,(H,33,37)/t29-/m1/s1. The molecule has 0 spiro atoms. The number of aryl methyl sites for hydroxylation is 3. The van der Waals surface area contributed by atoms with Crippen LogP contribution in [0.2, 0.25) is 0 Å². The third-order valence-electron chi connectivity index (χ3n) is 7.27. The molecule has 1 atom stereocenters. The summed E-state index contributed by atoms with van der Waals surface area (Å²) in [7, 11) is -4.10. The third kappa shape index (κ3) is 7.10. The first-order valence-corrected chi connectivity index (χ1v) is 15.2. The van der Waals surface area contributed by atoms with Gasteiger partial charge in [-0.15, -0.1) is 0 Å². The van der Waals surface area contributed by atoms with Gasteiger partial charge in [0.1, 0.15) is 12.6 Å². The quantitative estimate of drug-likeness (QED) is 0.318. The SMILES string of the molecule is CCCNC(=O)[C@@H](CC)N(Cc1ccccc1C)C(=O)CN(c1cccc(C)c1C)S(=O)(=O)c1ccc(C)cc1. The number of carbonyl (C=O) groups is 2. The van der Waals surface area contributed by atoms with Crippen LogP contribution in [0.1, 0.15) is 54.5 Å². The second-order valence-electron chi connectivity index (χ2n) is 10.2. The average Bonchev–Trinajstić information content (AvgIpc) is 2.93. The molecule has 0 aliphatic carbocycles. The van der Waals surface area contributed by atoms with Crippen LogP contribution in [0, 0.1) is 27.7 Å². The fraction of sp³-hybridized carbons (Fsp3) is 0.375. The van der Waals surface area contributed by atoms with Crippen LogP contribution in [0.3, 0.4) is 0 Å². The van der Waals surface area contributed by atoms with E-state index in [1.54, 1.807) is 36.4 Å². The van der Waals surface area contributed by atoms with Gasteiger partial charge < -0.3 is 10.2 Å². The van der Waals surface area contributed by atoms with E-state index in [-0.39, 0.29) is 17.3 Å².